The van der Waals surface area contributed by atoms with Crippen molar-refractivity contribution in [1.29, 1.82) is 0 Å². The second kappa shape index (κ2) is 15.0. The summed E-state index contributed by atoms with van der Waals surface area (Å²) < 4.78 is 0. The molecular weight excluding hydrogens is 402 g/mol. The summed E-state index contributed by atoms with van der Waals surface area (Å²) in [5, 5.41) is 18.7. The largest absolute Gasteiger partial charge is 0.481 e. The lowest BCUT2D eigenvalue weighted by molar-refractivity contribution is -0.145. The summed E-state index contributed by atoms with van der Waals surface area (Å²) in [4.78, 5) is 23.8. The zero-order valence-electron chi connectivity index (χ0n) is 19.1. The first-order valence-corrected chi connectivity index (χ1v) is 11.7. The summed E-state index contributed by atoms with van der Waals surface area (Å²) in [5.74, 6) is -2.76. The van der Waals surface area contributed by atoms with Gasteiger partial charge in [0, 0.05) is 17.9 Å². The zero-order chi connectivity index (χ0) is 23.0. The van der Waals surface area contributed by atoms with Gasteiger partial charge < -0.3 is 21.1 Å². The fraction of sp³-hybridized carbons (Fsp3) is 0.462. The SMILES string of the molecule is C1CCCNCC1.CCCCNc1ccc(NC(=O)C(Cc2ccccc2)C(=O)O)cc1. The van der Waals surface area contributed by atoms with E-state index in [1.807, 2.05) is 42.5 Å². The second-order valence-corrected chi connectivity index (χ2v) is 8.09. The van der Waals surface area contributed by atoms with E-state index in [2.05, 4.69) is 22.9 Å². The number of carboxylic acids is 1. The Labute approximate surface area is 191 Å². The third kappa shape index (κ3) is 9.96. The number of hydrogen-bond acceptors (Lipinski definition) is 4. The first-order valence-electron chi connectivity index (χ1n) is 11.7. The topological polar surface area (TPSA) is 90.5 Å². The zero-order valence-corrected chi connectivity index (χ0v) is 19.1. The maximum atomic E-state index is 12.3. The number of carbonyl (C=O) groups is 2. The van der Waals surface area contributed by atoms with Gasteiger partial charge in [0.15, 0.2) is 0 Å². The molecule has 2 aromatic carbocycles. The monoisotopic (exact) mass is 439 g/mol. The molecule has 0 radical (unpaired) electrons. The van der Waals surface area contributed by atoms with Crippen molar-refractivity contribution in [3.05, 3.63) is 60.2 Å². The van der Waals surface area contributed by atoms with Gasteiger partial charge in [0.1, 0.15) is 5.92 Å². The number of hydrogen-bond donors (Lipinski definition) is 4. The molecule has 174 valence electrons. The number of amides is 1. The number of unbranched alkanes of at least 4 members (excludes halogenated alkanes) is 1. The van der Waals surface area contributed by atoms with E-state index in [-0.39, 0.29) is 6.42 Å². The predicted octanol–water partition coefficient (Wildman–Crippen LogP) is 4.93. The smallest absolute Gasteiger partial charge is 0.316 e. The van der Waals surface area contributed by atoms with Crippen molar-refractivity contribution in [2.45, 2.75) is 51.9 Å². The van der Waals surface area contributed by atoms with Gasteiger partial charge in [-0.05, 0) is 68.6 Å². The Balaban J connectivity index is 0.000000439. The predicted molar refractivity (Wildman–Crippen MR) is 131 cm³/mol. The van der Waals surface area contributed by atoms with Crippen LogP contribution in [0.4, 0.5) is 11.4 Å². The Morgan fingerprint density at radius 3 is 2.16 bits per heavy atom. The quantitative estimate of drug-likeness (QED) is 0.329. The number of carbonyl (C=O) groups excluding carboxylic acids is 1. The number of anilines is 2. The molecule has 0 bridgehead atoms. The summed E-state index contributed by atoms with van der Waals surface area (Å²) in [6, 6.07) is 16.4. The van der Waals surface area contributed by atoms with Crippen molar-refractivity contribution in [2.75, 3.05) is 30.3 Å². The highest BCUT2D eigenvalue weighted by atomic mass is 16.4. The van der Waals surface area contributed by atoms with Crippen LogP contribution >= 0.6 is 0 Å². The summed E-state index contributed by atoms with van der Waals surface area (Å²) in [7, 11) is 0. The van der Waals surface area contributed by atoms with Crippen LogP contribution in [0.1, 0.15) is 51.0 Å². The lowest BCUT2D eigenvalue weighted by atomic mass is 9.98. The highest BCUT2D eigenvalue weighted by Crippen LogP contribution is 2.16. The van der Waals surface area contributed by atoms with E-state index in [9.17, 15) is 14.7 Å². The normalized spacial score (nSPS) is 14.3. The van der Waals surface area contributed by atoms with Crippen molar-refractivity contribution in [1.82, 2.24) is 5.32 Å². The molecule has 0 aliphatic carbocycles. The van der Waals surface area contributed by atoms with Gasteiger partial charge in [-0.2, -0.15) is 0 Å². The van der Waals surface area contributed by atoms with Crippen molar-refractivity contribution in [3.63, 3.8) is 0 Å². The Morgan fingerprint density at radius 2 is 1.56 bits per heavy atom. The first-order chi connectivity index (χ1) is 15.6. The molecule has 3 rings (SSSR count). The van der Waals surface area contributed by atoms with Crippen molar-refractivity contribution in [2.24, 2.45) is 5.92 Å². The van der Waals surface area contributed by atoms with Crippen molar-refractivity contribution < 1.29 is 14.7 Å². The van der Waals surface area contributed by atoms with Crippen molar-refractivity contribution >= 4 is 23.3 Å². The maximum absolute atomic E-state index is 12.3. The van der Waals surface area contributed by atoms with Crippen LogP contribution in [0.2, 0.25) is 0 Å². The summed E-state index contributed by atoms with van der Waals surface area (Å²) in [6.45, 7) is 5.54. The van der Waals surface area contributed by atoms with Gasteiger partial charge in [0.25, 0.3) is 0 Å². The molecule has 1 heterocycles. The van der Waals surface area contributed by atoms with Crippen LogP contribution in [0.5, 0.6) is 0 Å². The van der Waals surface area contributed by atoms with Gasteiger partial charge in [-0.1, -0.05) is 56.5 Å². The molecule has 1 aliphatic heterocycles. The van der Waals surface area contributed by atoms with Gasteiger partial charge in [-0.15, -0.1) is 0 Å². The molecule has 32 heavy (non-hydrogen) atoms. The molecule has 6 heteroatoms. The van der Waals surface area contributed by atoms with Crippen LogP contribution < -0.4 is 16.0 Å². The van der Waals surface area contributed by atoms with Gasteiger partial charge in [0.2, 0.25) is 5.91 Å². The fourth-order valence-electron chi connectivity index (χ4n) is 3.43. The summed E-state index contributed by atoms with van der Waals surface area (Å²) in [6.07, 6.45) is 8.04. The number of aliphatic carboxylic acids is 1. The molecule has 0 spiro atoms. The molecule has 1 aliphatic rings. The van der Waals surface area contributed by atoms with E-state index in [0.29, 0.717) is 5.69 Å². The number of rotatable bonds is 9. The molecular formula is C26H37N3O3. The number of nitrogens with one attached hydrogen (secondary N) is 3. The van der Waals surface area contributed by atoms with E-state index in [4.69, 9.17) is 0 Å². The minimum absolute atomic E-state index is 0.165. The van der Waals surface area contributed by atoms with E-state index >= 15 is 0 Å². The van der Waals surface area contributed by atoms with Gasteiger partial charge >= 0.3 is 5.97 Å². The van der Waals surface area contributed by atoms with E-state index < -0.39 is 17.8 Å². The average molecular weight is 440 g/mol. The Kier molecular flexibility index (Phi) is 11.9. The van der Waals surface area contributed by atoms with Crippen molar-refractivity contribution in [3.8, 4) is 0 Å². The lowest BCUT2D eigenvalue weighted by Crippen LogP contribution is -2.31. The Hall–Kier alpha value is -2.86. The molecule has 6 nitrogen and oxygen atoms in total. The number of benzene rings is 2. The standard InChI is InChI=1S/C20H24N2O3.C6H13N/c1-2-3-13-21-16-9-11-17(12-10-16)22-19(23)18(20(24)25)14-15-7-5-4-6-8-15;1-2-4-6-7-5-3-1/h4-12,18,21H,2-3,13-14H2,1H3,(H,22,23)(H,24,25);7H,1-6H2. The summed E-state index contributed by atoms with van der Waals surface area (Å²) >= 11 is 0. The molecule has 1 amide bonds. The molecule has 1 atom stereocenters. The highest BCUT2D eigenvalue weighted by Gasteiger charge is 2.26. The molecule has 1 saturated heterocycles. The number of carboxylic acid groups (broad SMARTS) is 1. The van der Waals surface area contributed by atoms with Crippen LogP contribution in [-0.2, 0) is 16.0 Å². The van der Waals surface area contributed by atoms with Crippen LogP contribution in [0.3, 0.4) is 0 Å². The first kappa shape index (κ1) is 25.4. The highest BCUT2D eigenvalue weighted by molar-refractivity contribution is 6.04. The second-order valence-electron chi connectivity index (χ2n) is 8.09. The third-order valence-electron chi connectivity index (χ3n) is 5.37. The Morgan fingerprint density at radius 1 is 0.938 bits per heavy atom. The average Bonchev–Trinajstić information content (AvgIpc) is 3.13. The van der Waals surface area contributed by atoms with E-state index in [1.54, 1.807) is 12.1 Å². The van der Waals surface area contributed by atoms with Gasteiger partial charge in [-0.3, -0.25) is 9.59 Å². The van der Waals surface area contributed by atoms with Crippen LogP contribution in [0.15, 0.2) is 54.6 Å². The molecule has 0 saturated carbocycles. The van der Waals surface area contributed by atoms with Crippen LogP contribution in [0, 0.1) is 5.92 Å². The minimum atomic E-state index is -1.13. The molecule has 1 unspecified atom stereocenters. The van der Waals surface area contributed by atoms with Crippen LogP contribution in [-0.4, -0.2) is 36.6 Å². The lowest BCUT2D eigenvalue weighted by Gasteiger charge is -2.13. The summed E-state index contributed by atoms with van der Waals surface area (Å²) in [5.41, 5.74) is 2.39. The Bertz CT molecular complexity index is 774. The molecule has 1 fully saturated rings. The maximum Gasteiger partial charge on any atom is 0.316 e. The van der Waals surface area contributed by atoms with Gasteiger partial charge in [0.05, 0.1) is 0 Å². The molecule has 4 N–H and O–H groups in total. The van der Waals surface area contributed by atoms with E-state index in [0.717, 1.165) is 30.6 Å². The van der Waals surface area contributed by atoms with Crippen LogP contribution in [0.25, 0.3) is 0 Å². The van der Waals surface area contributed by atoms with E-state index in [1.165, 1.54) is 38.8 Å². The molecule has 2 aromatic rings. The van der Waals surface area contributed by atoms with Gasteiger partial charge in [-0.25, -0.2) is 0 Å². The minimum Gasteiger partial charge on any atom is -0.481 e. The third-order valence-corrected chi connectivity index (χ3v) is 5.37. The fourth-order valence-corrected chi connectivity index (χ4v) is 3.43. The molecule has 0 aromatic heterocycles.